The molecule has 24 heavy (non-hydrogen) atoms. The minimum absolute atomic E-state index is 0.104. The molecule has 0 fully saturated rings. The van der Waals surface area contributed by atoms with Crippen LogP contribution in [-0.2, 0) is 13.6 Å². The first-order chi connectivity index (χ1) is 11.4. The molecule has 0 radical (unpaired) electrons. The van der Waals surface area contributed by atoms with Gasteiger partial charge in [0.25, 0.3) is 11.2 Å². The fourth-order valence-electron chi connectivity index (χ4n) is 2.32. The van der Waals surface area contributed by atoms with Gasteiger partial charge in [0.2, 0.25) is 0 Å². The molecule has 2 heterocycles. The van der Waals surface area contributed by atoms with Crippen molar-refractivity contribution in [2.24, 2.45) is 7.05 Å². The van der Waals surface area contributed by atoms with Crippen molar-refractivity contribution in [2.45, 2.75) is 6.54 Å². The Bertz CT molecular complexity index is 1070. The van der Waals surface area contributed by atoms with E-state index >= 15 is 0 Å². The molecule has 0 saturated heterocycles. The molecule has 1 aromatic carbocycles. The number of nitro benzene ring substituents is 1. The summed E-state index contributed by atoms with van der Waals surface area (Å²) in [5.41, 5.74) is -0.816. The second kappa shape index (κ2) is 5.57. The zero-order chi connectivity index (χ0) is 17.4. The number of nitrogens with one attached hydrogen (secondary N) is 1. The molecule has 2 aromatic heterocycles. The number of nitro groups is 1. The number of aromatic amines is 1. The molecule has 122 valence electrons. The highest BCUT2D eigenvalue weighted by Gasteiger charge is 2.15. The summed E-state index contributed by atoms with van der Waals surface area (Å²) < 4.78 is 2.50. The third-order valence-electron chi connectivity index (χ3n) is 3.59. The van der Waals surface area contributed by atoms with Gasteiger partial charge in [0, 0.05) is 24.7 Å². The topological polar surface area (TPSA) is 133 Å². The first-order valence-electron chi connectivity index (χ1n) is 6.80. The number of fused-ring (bicyclic) bond motifs is 1. The van der Waals surface area contributed by atoms with Crippen molar-refractivity contribution in [3.63, 3.8) is 0 Å². The van der Waals surface area contributed by atoms with Crippen LogP contribution >= 0.6 is 0 Å². The summed E-state index contributed by atoms with van der Waals surface area (Å²) in [6.07, 6.45) is 1.29. The van der Waals surface area contributed by atoms with Gasteiger partial charge in [-0.05, 0) is 12.1 Å². The predicted molar refractivity (Wildman–Crippen MR) is 83.0 cm³/mol. The second-order valence-electron chi connectivity index (χ2n) is 5.09. The smallest absolute Gasteiger partial charge is 0.317 e. The van der Waals surface area contributed by atoms with Gasteiger partial charge in [-0.2, -0.15) is 0 Å². The van der Waals surface area contributed by atoms with Crippen molar-refractivity contribution in [2.75, 3.05) is 0 Å². The van der Waals surface area contributed by atoms with Crippen molar-refractivity contribution < 1.29 is 9.72 Å². The third-order valence-corrected chi connectivity index (χ3v) is 3.59. The molecule has 0 unspecified atom stereocenters. The summed E-state index contributed by atoms with van der Waals surface area (Å²) in [5.74, 6) is -0.350. The second-order valence-corrected chi connectivity index (χ2v) is 5.09. The van der Waals surface area contributed by atoms with Gasteiger partial charge in [0.1, 0.15) is 0 Å². The average molecular weight is 329 g/mol. The monoisotopic (exact) mass is 329 g/mol. The van der Waals surface area contributed by atoms with Gasteiger partial charge < -0.3 is 4.57 Å². The lowest BCUT2D eigenvalue weighted by molar-refractivity contribution is -0.384. The normalized spacial score (nSPS) is 10.9. The van der Waals surface area contributed by atoms with Crippen LogP contribution in [-0.4, -0.2) is 29.8 Å². The van der Waals surface area contributed by atoms with Crippen LogP contribution < -0.4 is 11.2 Å². The quantitative estimate of drug-likeness (QED) is 0.413. The highest BCUT2D eigenvalue weighted by molar-refractivity contribution is 5.96. The molecular weight excluding hydrogens is 318 g/mol. The molecule has 0 bridgehead atoms. The minimum atomic E-state index is -0.637. The minimum Gasteiger partial charge on any atom is -0.317 e. The number of H-pyrrole nitrogens is 1. The maximum absolute atomic E-state index is 12.3. The van der Waals surface area contributed by atoms with Crippen LogP contribution in [0.3, 0.4) is 0 Å². The molecular formula is C14H11N5O5. The van der Waals surface area contributed by atoms with Gasteiger partial charge in [0.05, 0.1) is 17.8 Å². The van der Waals surface area contributed by atoms with Crippen LogP contribution in [0, 0.1) is 10.1 Å². The number of aryl methyl sites for hydroxylation is 1. The molecule has 0 aliphatic rings. The summed E-state index contributed by atoms with van der Waals surface area (Å²) >= 11 is 0. The van der Waals surface area contributed by atoms with Crippen molar-refractivity contribution in [3.8, 4) is 0 Å². The number of Topliss-reactive ketones (excluding diaryl/α,β-unsaturated/α-hetero) is 1. The van der Waals surface area contributed by atoms with Gasteiger partial charge in [-0.3, -0.25) is 29.3 Å². The van der Waals surface area contributed by atoms with Gasteiger partial charge in [0.15, 0.2) is 16.9 Å². The van der Waals surface area contributed by atoms with Crippen LogP contribution in [0.5, 0.6) is 0 Å². The Labute approximate surface area is 133 Å². The molecule has 0 aliphatic carbocycles. The first kappa shape index (κ1) is 15.3. The van der Waals surface area contributed by atoms with Crippen LogP contribution in [0.4, 0.5) is 5.69 Å². The highest BCUT2D eigenvalue weighted by atomic mass is 16.6. The molecule has 3 aromatic rings. The summed E-state index contributed by atoms with van der Waals surface area (Å²) in [6, 6.07) is 5.16. The van der Waals surface area contributed by atoms with E-state index in [1.807, 2.05) is 0 Å². The van der Waals surface area contributed by atoms with Crippen LogP contribution in [0.2, 0.25) is 0 Å². The molecule has 1 N–H and O–H groups in total. The fraction of sp³-hybridized carbons (Fsp3) is 0.143. The van der Waals surface area contributed by atoms with Crippen molar-refractivity contribution in [1.29, 1.82) is 0 Å². The maximum Gasteiger partial charge on any atom is 0.329 e. The number of aromatic nitrogens is 4. The van der Waals surface area contributed by atoms with Crippen molar-refractivity contribution in [3.05, 3.63) is 67.1 Å². The number of hydrogen-bond acceptors (Lipinski definition) is 6. The fourth-order valence-corrected chi connectivity index (χ4v) is 2.32. The number of carbonyl (C=O) groups excluding carboxylic acids is 1. The molecule has 0 amide bonds. The van der Waals surface area contributed by atoms with E-state index in [-0.39, 0.29) is 34.7 Å². The molecule has 3 rings (SSSR count). The van der Waals surface area contributed by atoms with E-state index in [1.54, 1.807) is 0 Å². The number of rotatable bonds is 4. The first-order valence-corrected chi connectivity index (χ1v) is 6.80. The Balaban J connectivity index is 1.97. The summed E-state index contributed by atoms with van der Waals surface area (Å²) in [7, 11) is 1.45. The summed E-state index contributed by atoms with van der Waals surface area (Å²) in [4.78, 5) is 52.0. The lowest BCUT2D eigenvalue weighted by Gasteiger charge is -2.04. The molecule has 0 saturated carbocycles. The Hall–Kier alpha value is -3.56. The van der Waals surface area contributed by atoms with Crippen LogP contribution in [0.1, 0.15) is 10.4 Å². The maximum atomic E-state index is 12.3. The summed E-state index contributed by atoms with van der Waals surface area (Å²) in [5, 5.41) is 10.6. The molecule has 0 spiro atoms. The highest BCUT2D eigenvalue weighted by Crippen LogP contribution is 2.13. The van der Waals surface area contributed by atoms with Crippen LogP contribution in [0.25, 0.3) is 11.2 Å². The summed E-state index contributed by atoms with van der Waals surface area (Å²) in [6.45, 7) is -0.185. The van der Waals surface area contributed by atoms with Crippen LogP contribution in [0.15, 0.2) is 40.2 Å². The Kier molecular flexibility index (Phi) is 3.56. The standard InChI is InChI=1S/C14H11N5O5/c1-17-12-11(13(21)16-14(17)22)18(7-15-12)6-10(20)8-2-4-9(5-3-8)19(23)24/h2-5,7H,6H2,1H3,(H,16,21,22). The predicted octanol–water partition coefficient (Wildman–Crippen LogP) is 0.214. The third kappa shape index (κ3) is 2.49. The van der Waals surface area contributed by atoms with E-state index in [4.69, 9.17) is 0 Å². The molecule has 10 nitrogen and oxygen atoms in total. The van der Waals surface area contributed by atoms with Crippen molar-refractivity contribution >= 4 is 22.6 Å². The Morgan fingerprint density at radius 3 is 2.58 bits per heavy atom. The van der Waals surface area contributed by atoms with E-state index in [0.717, 1.165) is 0 Å². The number of non-ortho nitro benzene ring substituents is 1. The number of nitrogens with zero attached hydrogens (tertiary/aromatic N) is 4. The lowest BCUT2D eigenvalue weighted by Crippen LogP contribution is -2.29. The van der Waals surface area contributed by atoms with Gasteiger partial charge in [-0.25, -0.2) is 9.78 Å². The van der Waals surface area contributed by atoms with E-state index in [0.29, 0.717) is 0 Å². The van der Waals surface area contributed by atoms with E-state index in [9.17, 15) is 24.5 Å². The zero-order valence-electron chi connectivity index (χ0n) is 12.4. The van der Waals surface area contributed by atoms with Crippen molar-refractivity contribution in [1.82, 2.24) is 19.1 Å². The van der Waals surface area contributed by atoms with E-state index in [2.05, 4.69) is 9.97 Å². The van der Waals surface area contributed by atoms with Gasteiger partial charge in [-0.1, -0.05) is 0 Å². The lowest BCUT2D eigenvalue weighted by atomic mass is 10.1. The van der Waals surface area contributed by atoms with E-state index in [1.165, 1.54) is 46.8 Å². The van der Waals surface area contributed by atoms with Gasteiger partial charge >= 0.3 is 5.69 Å². The molecule has 0 atom stereocenters. The molecule has 0 aliphatic heterocycles. The number of ketones is 1. The SMILES string of the molecule is Cn1c(=O)[nH]c(=O)c2c1ncn2CC(=O)c1ccc([N+](=O)[O-])cc1. The molecule has 10 heteroatoms. The Morgan fingerprint density at radius 2 is 1.96 bits per heavy atom. The Morgan fingerprint density at radius 1 is 1.29 bits per heavy atom. The van der Waals surface area contributed by atoms with E-state index < -0.39 is 16.2 Å². The number of imidazole rings is 1. The number of hydrogen-bond donors (Lipinski definition) is 1. The number of benzene rings is 1. The number of carbonyl (C=O) groups is 1. The zero-order valence-corrected chi connectivity index (χ0v) is 12.4. The van der Waals surface area contributed by atoms with Gasteiger partial charge in [-0.15, -0.1) is 0 Å². The average Bonchev–Trinajstić information content (AvgIpc) is 2.97. The largest absolute Gasteiger partial charge is 0.329 e.